The van der Waals surface area contributed by atoms with Gasteiger partial charge < -0.3 is 5.32 Å². The normalized spacial score (nSPS) is 15.7. The molecule has 0 heterocycles. The molecule has 0 radical (unpaired) electrons. The lowest BCUT2D eigenvalue weighted by atomic mass is 10.0. The number of halogens is 3. The van der Waals surface area contributed by atoms with Crippen LogP contribution in [0.4, 0.5) is 5.69 Å². The Hall–Kier alpha value is -0.440. The van der Waals surface area contributed by atoms with Crippen molar-refractivity contribution >= 4 is 46.4 Å². The van der Waals surface area contributed by atoms with Gasteiger partial charge >= 0.3 is 0 Å². The Kier molecular flexibility index (Phi) is 5.37. The molecule has 19 heavy (non-hydrogen) atoms. The molecule has 1 aliphatic carbocycles. The minimum absolute atomic E-state index is 0.0211. The summed E-state index contributed by atoms with van der Waals surface area (Å²) in [5.74, 6) is 0.683. The summed E-state index contributed by atoms with van der Waals surface area (Å²) in [5.41, 5.74) is 0.521. The summed E-state index contributed by atoms with van der Waals surface area (Å²) < 4.78 is 0. The van der Waals surface area contributed by atoms with E-state index >= 15 is 0 Å². The predicted molar refractivity (Wildman–Crippen MR) is 81.3 cm³/mol. The Bertz CT molecular complexity index is 470. The summed E-state index contributed by atoms with van der Waals surface area (Å²) in [7, 11) is 0. The molecule has 0 bridgehead atoms. The maximum Gasteiger partial charge on any atom is 0.224 e. The molecule has 1 aromatic carbocycles. The first-order chi connectivity index (χ1) is 9.06. The number of hydrogen-bond acceptors (Lipinski definition) is 1. The number of anilines is 1. The Morgan fingerprint density at radius 3 is 2.42 bits per heavy atom. The topological polar surface area (TPSA) is 29.1 Å². The summed E-state index contributed by atoms with van der Waals surface area (Å²) in [5, 5.41) is 3.97. The number of nitrogens with one attached hydrogen (secondary N) is 1. The molecule has 0 saturated heterocycles. The zero-order valence-corrected chi connectivity index (χ0v) is 12.8. The van der Waals surface area contributed by atoms with Gasteiger partial charge in [-0.1, -0.05) is 60.5 Å². The van der Waals surface area contributed by atoms with Crippen LogP contribution in [0, 0.1) is 5.92 Å². The fraction of sp³-hybridized carbons (Fsp3) is 0.500. The molecule has 1 amide bonds. The van der Waals surface area contributed by atoms with E-state index in [1.807, 2.05) is 0 Å². The van der Waals surface area contributed by atoms with Crippen molar-refractivity contribution in [1.82, 2.24) is 0 Å². The lowest BCUT2D eigenvalue weighted by molar-refractivity contribution is -0.116. The van der Waals surface area contributed by atoms with Crippen LogP contribution in [0.15, 0.2) is 12.1 Å². The van der Waals surface area contributed by atoms with Crippen LogP contribution in [0.3, 0.4) is 0 Å². The van der Waals surface area contributed by atoms with Crippen LogP contribution in [0.1, 0.15) is 38.5 Å². The maximum absolute atomic E-state index is 11.9. The number of hydrogen-bond donors (Lipinski definition) is 1. The van der Waals surface area contributed by atoms with Crippen LogP contribution < -0.4 is 5.32 Å². The Morgan fingerprint density at radius 1 is 1.11 bits per heavy atom. The third-order valence-electron chi connectivity index (χ3n) is 3.54. The first-order valence-electron chi connectivity index (χ1n) is 6.50. The summed E-state index contributed by atoms with van der Waals surface area (Å²) in [6, 6.07) is 3.12. The Balaban J connectivity index is 1.89. The second-order valence-corrected chi connectivity index (χ2v) is 6.21. The van der Waals surface area contributed by atoms with Gasteiger partial charge in [0.25, 0.3) is 0 Å². The van der Waals surface area contributed by atoms with Crippen LogP contribution >= 0.6 is 34.8 Å². The van der Waals surface area contributed by atoms with Crippen LogP contribution in [0.5, 0.6) is 0 Å². The minimum atomic E-state index is -0.0211. The smallest absolute Gasteiger partial charge is 0.224 e. The maximum atomic E-state index is 11.9. The van der Waals surface area contributed by atoms with Crippen molar-refractivity contribution in [1.29, 1.82) is 0 Å². The highest BCUT2D eigenvalue weighted by Gasteiger charge is 2.16. The average Bonchev–Trinajstić information content (AvgIpc) is 2.86. The van der Waals surface area contributed by atoms with Gasteiger partial charge in [-0.05, 0) is 24.5 Å². The predicted octanol–water partition coefficient (Wildman–Crippen LogP) is 5.56. The zero-order valence-electron chi connectivity index (χ0n) is 10.5. The van der Waals surface area contributed by atoms with Crippen molar-refractivity contribution in [2.45, 2.75) is 38.5 Å². The minimum Gasteiger partial charge on any atom is -0.325 e. The van der Waals surface area contributed by atoms with Crippen molar-refractivity contribution < 1.29 is 4.79 Å². The van der Waals surface area contributed by atoms with E-state index in [1.54, 1.807) is 6.07 Å². The number of benzene rings is 1. The SMILES string of the molecule is O=C(CCC1CCCC1)Nc1cc(Cl)c(Cl)cc1Cl. The second kappa shape index (κ2) is 6.83. The Labute approximate surface area is 128 Å². The van der Waals surface area contributed by atoms with Crippen molar-refractivity contribution in [2.24, 2.45) is 5.92 Å². The Morgan fingerprint density at radius 2 is 1.74 bits per heavy atom. The molecule has 2 nitrogen and oxygen atoms in total. The van der Waals surface area contributed by atoms with E-state index in [4.69, 9.17) is 34.8 Å². The highest BCUT2D eigenvalue weighted by atomic mass is 35.5. The highest BCUT2D eigenvalue weighted by Crippen LogP contribution is 2.33. The lowest BCUT2D eigenvalue weighted by Crippen LogP contribution is -2.13. The molecule has 0 spiro atoms. The van der Waals surface area contributed by atoms with Crippen molar-refractivity contribution in [3.8, 4) is 0 Å². The van der Waals surface area contributed by atoms with Gasteiger partial charge in [-0.2, -0.15) is 0 Å². The first-order valence-corrected chi connectivity index (χ1v) is 7.64. The molecule has 104 valence electrons. The van der Waals surface area contributed by atoms with Gasteiger partial charge in [-0.25, -0.2) is 0 Å². The van der Waals surface area contributed by atoms with Crippen LogP contribution in [-0.4, -0.2) is 5.91 Å². The molecule has 0 aliphatic heterocycles. The number of rotatable bonds is 4. The van der Waals surface area contributed by atoms with Gasteiger partial charge in [0, 0.05) is 6.42 Å². The number of carbonyl (C=O) groups excluding carboxylic acids is 1. The number of carbonyl (C=O) groups is 1. The third kappa shape index (κ3) is 4.27. The molecular weight excluding hydrogens is 305 g/mol. The largest absolute Gasteiger partial charge is 0.325 e. The van der Waals surface area contributed by atoms with E-state index < -0.39 is 0 Å². The highest BCUT2D eigenvalue weighted by molar-refractivity contribution is 6.44. The fourth-order valence-electron chi connectivity index (χ4n) is 2.47. The quantitative estimate of drug-likeness (QED) is 0.723. The fourth-order valence-corrected chi connectivity index (χ4v) is 3.06. The average molecular weight is 321 g/mol. The summed E-state index contributed by atoms with van der Waals surface area (Å²) in [4.78, 5) is 11.9. The van der Waals surface area contributed by atoms with Crippen LogP contribution in [0.2, 0.25) is 15.1 Å². The van der Waals surface area contributed by atoms with Gasteiger partial charge in [-0.15, -0.1) is 0 Å². The van der Waals surface area contributed by atoms with Crippen molar-refractivity contribution in [3.63, 3.8) is 0 Å². The van der Waals surface area contributed by atoms with Crippen LogP contribution in [-0.2, 0) is 4.79 Å². The van der Waals surface area contributed by atoms with Crippen molar-refractivity contribution in [3.05, 3.63) is 27.2 Å². The van der Waals surface area contributed by atoms with E-state index in [0.29, 0.717) is 33.1 Å². The molecule has 5 heteroatoms. The van der Waals surface area contributed by atoms with E-state index in [1.165, 1.54) is 31.7 Å². The zero-order chi connectivity index (χ0) is 13.8. The number of amides is 1. The molecule has 0 atom stereocenters. The van der Waals surface area contributed by atoms with Crippen molar-refractivity contribution in [2.75, 3.05) is 5.32 Å². The molecule has 0 unspecified atom stereocenters. The molecular formula is C14H16Cl3NO. The van der Waals surface area contributed by atoms with Gasteiger partial charge in [0.2, 0.25) is 5.91 Å². The van der Waals surface area contributed by atoms with Crippen LogP contribution in [0.25, 0.3) is 0 Å². The van der Waals surface area contributed by atoms with E-state index in [2.05, 4.69) is 5.32 Å². The summed E-state index contributed by atoms with van der Waals surface area (Å²) in [6.45, 7) is 0. The first kappa shape index (κ1) is 15.0. The lowest BCUT2D eigenvalue weighted by Gasteiger charge is -2.11. The molecule has 0 aromatic heterocycles. The second-order valence-electron chi connectivity index (χ2n) is 4.98. The molecule has 1 aliphatic rings. The molecule has 1 fully saturated rings. The molecule has 1 aromatic rings. The third-order valence-corrected chi connectivity index (χ3v) is 4.57. The monoisotopic (exact) mass is 319 g/mol. The standard InChI is InChI=1S/C14H16Cl3NO/c15-10-7-12(17)13(8-11(10)16)18-14(19)6-5-9-3-1-2-4-9/h7-9H,1-6H2,(H,18,19). The van der Waals surface area contributed by atoms with E-state index in [-0.39, 0.29) is 5.91 Å². The summed E-state index contributed by atoms with van der Waals surface area (Å²) >= 11 is 17.8. The van der Waals surface area contributed by atoms with E-state index in [9.17, 15) is 4.79 Å². The van der Waals surface area contributed by atoms with E-state index in [0.717, 1.165) is 6.42 Å². The molecule has 2 rings (SSSR count). The summed E-state index contributed by atoms with van der Waals surface area (Å²) in [6.07, 6.45) is 6.57. The van der Waals surface area contributed by atoms with Gasteiger partial charge in [0.15, 0.2) is 0 Å². The van der Waals surface area contributed by atoms with Gasteiger partial charge in [0.1, 0.15) is 0 Å². The molecule has 1 saturated carbocycles. The van der Waals surface area contributed by atoms with Gasteiger partial charge in [-0.3, -0.25) is 4.79 Å². The van der Waals surface area contributed by atoms with Gasteiger partial charge in [0.05, 0.1) is 20.8 Å². The molecule has 1 N–H and O–H groups in total.